The number of carbonyl (C=O) groups excluding carboxylic acids is 2. The van der Waals surface area contributed by atoms with E-state index in [1.165, 1.54) is 30.0 Å². The first kappa shape index (κ1) is 26.2. The van der Waals surface area contributed by atoms with Gasteiger partial charge in [-0.2, -0.15) is 13.2 Å². The first-order chi connectivity index (χ1) is 17.8. The summed E-state index contributed by atoms with van der Waals surface area (Å²) in [5.74, 6) is -2.28. The minimum absolute atomic E-state index is 0.127. The fraction of sp³-hybridized carbons (Fsp3) is 0.458. The lowest BCUT2D eigenvalue weighted by molar-refractivity contribution is -0.154. The standard InChI is InChI=1S/C24H24F4N6O3S/c1-11-18-22(2,34-21(29)38-24(11,18)20(36)33-12-3-4-12)14-7-13(5-6-15(14)25)32-19(35)16-8-31-17(9-30-16)37-10-23(26,27)28/h5-9,11-12,18H,3-4,10H2,1-2H3,(H2,29,34)(H,32,35)(H,33,36)/t11?,18?,22-,24+/m1/s1. The van der Waals surface area contributed by atoms with Crippen LogP contribution in [0.1, 0.15) is 42.7 Å². The number of nitrogens with two attached hydrogens (primary N) is 1. The smallest absolute Gasteiger partial charge is 0.422 e. The maximum atomic E-state index is 15.2. The summed E-state index contributed by atoms with van der Waals surface area (Å²) in [6.45, 7) is 2.10. The molecule has 0 bridgehead atoms. The highest BCUT2D eigenvalue weighted by Gasteiger charge is 2.76. The van der Waals surface area contributed by atoms with Crippen LogP contribution in [0.25, 0.3) is 0 Å². The van der Waals surface area contributed by atoms with Gasteiger partial charge in [0.05, 0.1) is 17.9 Å². The number of hydrogen-bond acceptors (Lipinski definition) is 8. The molecule has 2 fully saturated rings. The van der Waals surface area contributed by atoms with E-state index < -0.39 is 40.7 Å². The number of hydrogen-bond donors (Lipinski definition) is 3. The van der Waals surface area contributed by atoms with Gasteiger partial charge in [0.15, 0.2) is 11.8 Å². The van der Waals surface area contributed by atoms with Crippen molar-refractivity contribution in [2.24, 2.45) is 22.6 Å². The van der Waals surface area contributed by atoms with Crippen LogP contribution in [0.15, 0.2) is 35.6 Å². The van der Waals surface area contributed by atoms with Crippen LogP contribution in [-0.4, -0.2) is 50.5 Å². The molecule has 0 spiro atoms. The van der Waals surface area contributed by atoms with Crippen LogP contribution in [0.4, 0.5) is 23.2 Å². The Balaban J connectivity index is 1.36. The Hall–Kier alpha value is -3.42. The number of nitrogens with one attached hydrogen (secondary N) is 2. The maximum absolute atomic E-state index is 15.2. The van der Waals surface area contributed by atoms with Crippen LogP contribution in [0.2, 0.25) is 0 Å². The van der Waals surface area contributed by atoms with Crippen LogP contribution >= 0.6 is 11.8 Å². The highest BCUT2D eigenvalue weighted by Crippen LogP contribution is 2.70. The SMILES string of the molecule is CC1C2[C@@]1(C(=O)NC1CC1)SC(N)=N[C@]2(C)c1cc(NC(=O)c2cnc(OCC(F)(F)F)cn2)ccc1F. The number of alkyl halides is 3. The maximum Gasteiger partial charge on any atom is 0.422 e. The zero-order chi connectivity index (χ0) is 27.5. The summed E-state index contributed by atoms with van der Waals surface area (Å²) < 4.78 is 55.7. The predicted octanol–water partition coefficient (Wildman–Crippen LogP) is 3.37. The third-order valence-electron chi connectivity index (χ3n) is 7.03. The molecule has 1 aromatic heterocycles. The number of aliphatic imine (C=N–C) groups is 1. The zero-order valence-corrected chi connectivity index (χ0v) is 21.1. The van der Waals surface area contributed by atoms with E-state index in [2.05, 4.69) is 30.3 Å². The van der Waals surface area contributed by atoms with Gasteiger partial charge in [-0.05, 0) is 43.9 Å². The van der Waals surface area contributed by atoms with Gasteiger partial charge in [0.2, 0.25) is 11.8 Å². The van der Waals surface area contributed by atoms with Crippen molar-refractivity contribution < 1.29 is 31.9 Å². The minimum Gasteiger partial charge on any atom is -0.467 e. The molecular weight excluding hydrogens is 528 g/mol. The Morgan fingerprint density at radius 1 is 1.24 bits per heavy atom. The van der Waals surface area contributed by atoms with Gasteiger partial charge in [-0.3, -0.25) is 14.6 Å². The summed E-state index contributed by atoms with van der Waals surface area (Å²) >= 11 is 1.21. The van der Waals surface area contributed by atoms with E-state index in [0.29, 0.717) is 0 Å². The van der Waals surface area contributed by atoms with Crippen LogP contribution in [0, 0.1) is 17.7 Å². The van der Waals surface area contributed by atoms with Gasteiger partial charge in [0, 0.05) is 23.2 Å². The molecule has 2 unspecified atom stereocenters. The summed E-state index contributed by atoms with van der Waals surface area (Å²) in [6, 6.07) is 4.12. The van der Waals surface area contributed by atoms with Crippen LogP contribution in [0.5, 0.6) is 5.88 Å². The van der Waals surface area contributed by atoms with Gasteiger partial charge >= 0.3 is 6.18 Å². The lowest BCUT2D eigenvalue weighted by atomic mass is 9.84. The summed E-state index contributed by atoms with van der Waals surface area (Å²) in [6.07, 6.45) is -0.823. The molecule has 0 saturated heterocycles. The van der Waals surface area contributed by atoms with Gasteiger partial charge in [-0.1, -0.05) is 18.7 Å². The number of amidine groups is 1. The summed E-state index contributed by atoms with van der Waals surface area (Å²) in [4.78, 5) is 37.9. The van der Waals surface area contributed by atoms with E-state index in [9.17, 15) is 22.8 Å². The number of ether oxygens (including phenoxy) is 1. The topological polar surface area (TPSA) is 132 Å². The van der Waals surface area contributed by atoms with Crippen molar-refractivity contribution in [2.75, 3.05) is 11.9 Å². The lowest BCUT2D eigenvalue weighted by Crippen LogP contribution is -2.45. The first-order valence-electron chi connectivity index (χ1n) is 11.8. The van der Waals surface area contributed by atoms with Crippen LogP contribution < -0.4 is 21.1 Å². The molecule has 2 saturated carbocycles. The van der Waals surface area contributed by atoms with E-state index in [-0.39, 0.29) is 45.9 Å². The summed E-state index contributed by atoms with van der Waals surface area (Å²) in [7, 11) is 0. The van der Waals surface area contributed by atoms with Crippen molar-refractivity contribution >= 4 is 34.4 Å². The molecule has 2 aromatic rings. The normalized spacial score (nSPS) is 28.1. The van der Waals surface area contributed by atoms with Crippen molar-refractivity contribution in [3.63, 3.8) is 0 Å². The zero-order valence-electron chi connectivity index (χ0n) is 20.3. The van der Waals surface area contributed by atoms with Crippen molar-refractivity contribution in [1.82, 2.24) is 15.3 Å². The summed E-state index contributed by atoms with van der Waals surface area (Å²) in [5.41, 5.74) is 5.18. The van der Waals surface area contributed by atoms with Crippen LogP contribution in [-0.2, 0) is 10.3 Å². The lowest BCUT2D eigenvalue weighted by Gasteiger charge is -2.34. The molecular formula is C24H24F4N6O3S. The van der Waals surface area contributed by atoms with Crippen molar-refractivity contribution in [3.8, 4) is 5.88 Å². The van der Waals surface area contributed by atoms with E-state index in [4.69, 9.17) is 5.73 Å². The Labute approximate surface area is 219 Å². The number of thioether (sulfide) groups is 1. The quantitative estimate of drug-likeness (QED) is 0.449. The van der Waals surface area contributed by atoms with Gasteiger partial charge in [-0.15, -0.1) is 0 Å². The minimum atomic E-state index is -4.54. The number of amides is 2. The molecule has 1 aliphatic heterocycles. The highest BCUT2D eigenvalue weighted by molar-refractivity contribution is 8.15. The van der Waals surface area contributed by atoms with E-state index in [0.717, 1.165) is 25.2 Å². The Morgan fingerprint density at radius 2 is 1.97 bits per heavy atom. The van der Waals surface area contributed by atoms with E-state index in [1.807, 2.05) is 6.92 Å². The number of carbonyl (C=O) groups is 2. The number of aromatic nitrogens is 2. The Bertz CT molecular complexity index is 1320. The number of halogens is 4. The second-order valence-electron chi connectivity index (χ2n) is 9.80. The second kappa shape index (κ2) is 9.10. The molecule has 9 nitrogen and oxygen atoms in total. The molecule has 0 radical (unpaired) electrons. The molecule has 38 heavy (non-hydrogen) atoms. The average Bonchev–Trinajstić information content (AvgIpc) is 3.76. The number of anilines is 1. The van der Waals surface area contributed by atoms with Gasteiger partial charge in [-0.25, -0.2) is 14.4 Å². The molecule has 5 rings (SSSR count). The predicted molar refractivity (Wildman–Crippen MR) is 131 cm³/mol. The van der Waals surface area contributed by atoms with Crippen molar-refractivity contribution in [1.29, 1.82) is 0 Å². The number of fused-ring (bicyclic) bond motifs is 1. The van der Waals surface area contributed by atoms with Crippen molar-refractivity contribution in [2.45, 2.75) is 49.2 Å². The molecule has 2 amide bonds. The van der Waals surface area contributed by atoms with E-state index in [1.54, 1.807) is 6.92 Å². The van der Waals surface area contributed by atoms with Gasteiger partial charge < -0.3 is 21.1 Å². The Kier molecular flexibility index (Phi) is 6.27. The second-order valence-corrected chi connectivity index (χ2v) is 11.1. The van der Waals surface area contributed by atoms with Gasteiger partial charge in [0.1, 0.15) is 16.3 Å². The molecule has 202 valence electrons. The third-order valence-corrected chi connectivity index (χ3v) is 8.48. The average molecular weight is 553 g/mol. The highest BCUT2D eigenvalue weighted by atomic mass is 32.2. The summed E-state index contributed by atoms with van der Waals surface area (Å²) in [5, 5.41) is 5.80. The van der Waals surface area contributed by atoms with E-state index >= 15 is 4.39 Å². The number of benzene rings is 1. The largest absolute Gasteiger partial charge is 0.467 e. The van der Waals surface area contributed by atoms with Gasteiger partial charge in [0.25, 0.3) is 5.91 Å². The molecule has 4 atom stereocenters. The Morgan fingerprint density at radius 3 is 2.61 bits per heavy atom. The fourth-order valence-corrected chi connectivity index (χ4v) is 6.63. The number of nitrogens with zero attached hydrogens (tertiary/aromatic N) is 3. The molecule has 3 aliphatic rings. The monoisotopic (exact) mass is 552 g/mol. The number of rotatable bonds is 7. The van der Waals surface area contributed by atoms with Crippen LogP contribution in [0.3, 0.4) is 0 Å². The molecule has 2 heterocycles. The molecule has 1 aromatic carbocycles. The molecule has 4 N–H and O–H groups in total. The third kappa shape index (κ3) is 4.76. The first-order valence-corrected chi connectivity index (χ1v) is 12.6. The molecule has 14 heteroatoms. The molecule has 2 aliphatic carbocycles. The fourth-order valence-electron chi connectivity index (χ4n) is 5.08. The van der Waals surface area contributed by atoms with Crippen molar-refractivity contribution in [3.05, 3.63) is 47.7 Å².